The number of Topliss-reactive ketones (excluding diaryl/α,β-unsaturated/α-hetero) is 1. The number of carbonyl (C=O) groups is 1. The Labute approximate surface area is 107 Å². The SMILES string of the molecule is CCC(=O)C(C)=NN1[Si](C)(C)CCC[Si]1(C)C. The standard InChI is InChI=1S/C12H26N2OSi2/c1-7-12(15)11(2)13-14-16(3,4)9-8-10-17(14,5)6/h7-10H2,1-6H3. The highest BCUT2D eigenvalue weighted by atomic mass is 28.4. The van der Waals surface area contributed by atoms with Crippen molar-refractivity contribution >= 4 is 28.0 Å². The maximum absolute atomic E-state index is 11.7. The molecule has 98 valence electrons. The van der Waals surface area contributed by atoms with Gasteiger partial charge in [-0.3, -0.25) is 4.79 Å². The van der Waals surface area contributed by atoms with Gasteiger partial charge < -0.3 is 4.34 Å². The molecule has 0 bridgehead atoms. The fourth-order valence-electron chi connectivity index (χ4n) is 2.72. The molecule has 0 amide bonds. The summed E-state index contributed by atoms with van der Waals surface area (Å²) in [5.74, 6) is 0.185. The molecule has 5 heteroatoms. The predicted octanol–water partition coefficient (Wildman–Crippen LogP) is 3.46. The van der Waals surface area contributed by atoms with Crippen molar-refractivity contribution in [1.29, 1.82) is 0 Å². The molecule has 0 aromatic rings. The lowest BCUT2D eigenvalue weighted by Crippen LogP contribution is -2.62. The van der Waals surface area contributed by atoms with Crippen LogP contribution in [-0.2, 0) is 4.79 Å². The van der Waals surface area contributed by atoms with Gasteiger partial charge in [-0.1, -0.05) is 39.5 Å². The molecule has 1 aliphatic heterocycles. The zero-order valence-corrected chi connectivity index (χ0v) is 14.1. The molecule has 0 aromatic carbocycles. The number of hydrogen-bond donors (Lipinski definition) is 0. The molecule has 0 radical (unpaired) electrons. The van der Waals surface area contributed by atoms with Crippen molar-refractivity contribution < 1.29 is 4.79 Å². The maximum Gasteiger partial charge on any atom is 0.178 e. The third kappa shape index (κ3) is 3.28. The predicted molar refractivity (Wildman–Crippen MR) is 79.4 cm³/mol. The molecule has 1 fully saturated rings. The topological polar surface area (TPSA) is 32.7 Å². The highest BCUT2D eigenvalue weighted by Gasteiger charge is 2.44. The van der Waals surface area contributed by atoms with Gasteiger partial charge in [0.05, 0.1) is 5.71 Å². The lowest BCUT2D eigenvalue weighted by molar-refractivity contribution is -0.112. The highest BCUT2D eigenvalue weighted by molar-refractivity contribution is 6.91. The lowest BCUT2D eigenvalue weighted by Gasteiger charge is -2.49. The van der Waals surface area contributed by atoms with Gasteiger partial charge in [-0.15, -0.1) is 0 Å². The van der Waals surface area contributed by atoms with Crippen LogP contribution in [0.4, 0.5) is 0 Å². The molecule has 0 aromatic heterocycles. The molecule has 0 unspecified atom stereocenters. The number of hydrazone groups is 1. The Morgan fingerprint density at radius 3 is 2.06 bits per heavy atom. The molecule has 1 saturated heterocycles. The van der Waals surface area contributed by atoms with Crippen LogP contribution in [0, 0.1) is 0 Å². The van der Waals surface area contributed by atoms with Crippen molar-refractivity contribution in [2.45, 2.75) is 65.0 Å². The van der Waals surface area contributed by atoms with E-state index in [1.165, 1.54) is 18.5 Å². The minimum atomic E-state index is -1.42. The Morgan fingerprint density at radius 2 is 1.65 bits per heavy atom. The van der Waals surface area contributed by atoms with E-state index in [1.807, 2.05) is 13.8 Å². The highest BCUT2D eigenvalue weighted by Crippen LogP contribution is 2.34. The fraction of sp³-hybridized carbons (Fsp3) is 0.833. The lowest BCUT2D eigenvalue weighted by atomic mass is 10.2. The van der Waals surface area contributed by atoms with Crippen LogP contribution >= 0.6 is 0 Å². The first-order valence-corrected chi connectivity index (χ1v) is 12.9. The van der Waals surface area contributed by atoms with Crippen LogP contribution in [0.1, 0.15) is 26.7 Å². The Bertz CT molecular complexity index is 321. The maximum atomic E-state index is 11.7. The van der Waals surface area contributed by atoms with Crippen LogP contribution in [0.2, 0.25) is 38.3 Å². The van der Waals surface area contributed by atoms with Crippen molar-refractivity contribution in [3.8, 4) is 0 Å². The van der Waals surface area contributed by atoms with E-state index in [9.17, 15) is 4.79 Å². The van der Waals surface area contributed by atoms with Crippen molar-refractivity contribution in [2.75, 3.05) is 0 Å². The summed E-state index contributed by atoms with van der Waals surface area (Å²) in [6.45, 7) is 13.3. The van der Waals surface area contributed by atoms with E-state index in [0.29, 0.717) is 12.1 Å². The normalized spacial score (nSPS) is 23.6. The summed E-state index contributed by atoms with van der Waals surface area (Å²) in [7, 11) is -2.84. The second kappa shape index (κ2) is 5.06. The smallest absolute Gasteiger partial charge is 0.178 e. The van der Waals surface area contributed by atoms with E-state index in [2.05, 4.69) is 30.5 Å². The number of ketones is 1. The van der Waals surface area contributed by atoms with Crippen molar-refractivity contribution in [1.82, 2.24) is 4.34 Å². The van der Waals surface area contributed by atoms with Crippen LogP contribution in [0.25, 0.3) is 0 Å². The zero-order chi connectivity index (χ0) is 13.3. The van der Waals surface area contributed by atoms with Gasteiger partial charge >= 0.3 is 0 Å². The summed E-state index contributed by atoms with van der Waals surface area (Å²) in [6.07, 6.45) is 1.92. The van der Waals surface area contributed by atoms with E-state index >= 15 is 0 Å². The van der Waals surface area contributed by atoms with Crippen LogP contribution in [-0.4, -0.2) is 32.3 Å². The van der Waals surface area contributed by atoms with Crippen molar-refractivity contribution in [3.05, 3.63) is 0 Å². The van der Waals surface area contributed by atoms with Crippen LogP contribution < -0.4 is 0 Å². The molecule has 0 saturated carbocycles. The molecule has 1 heterocycles. The summed E-state index contributed by atoms with van der Waals surface area (Å²) in [4.78, 5) is 11.7. The summed E-state index contributed by atoms with van der Waals surface area (Å²) in [5.41, 5.74) is 0.704. The van der Waals surface area contributed by atoms with Gasteiger partial charge in [0.15, 0.2) is 22.3 Å². The minimum Gasteiger partial charge on any atom is -0.349 e. The fourth-order valence-corrected chi connectivity index (χ4v) is 13.6. The summed E-state index contributed by atoms with van der Waals surface area (Å²) >= 11 is 0. The van der Waals surface area contributed by atoms with E-state index in [1.54, 1.807) is 0 Å². The molecule has 0 spiro atoms. The van der Waals surface area contributed by atoms with Gasteiger partial charge in [0, 0.05) is 6.42 Å². The minimum absolute atomic E-state index is 0.185. The van der Waals surface area contributed by atoms with E-state index < -0.39 is 16.5 Å². The molecule has 0 N–H and O–H groups in total. The molecule has 0 atom stereocenters. The molecule has 0 aliphatic carbocycles. The van der Waals surface area contributed by atoms with Crippen molar-refractivity contribution in [2.24, 2.45) is 5.10 Å². The van der Waals surface area contributed by atoms with E-state index in [4.69, 9.17) is 5.10 Å². The molecule has 17 heavy (non-hydrogen) atoms. The third-order valence-corrected chi connectivity index (χ3v) is 13.0. The zero-order valence-electron chi connectivity index (χ0n) is 12.1. The Morgan fingerprint density at radius 1 is 1.18 bits per heavy atom. The van der Waals surface area contributed by atoms with E-state index in [-0.39, 0.29) is 5.78 Å². The molecular formula is C12H26N2OSi2. The Hall–Kier alpha value is -0.426. The number of nitrogens with zero attached hydrogens (tertiary/aromatic N) is 2. The van der Waals surface area contributed by atoms with Gasteiger partial charge in [-0.05, 0) is 19.0 Å². The first-order valence-electron chi connectivity index (χ1n) is 6.59. The van der Waals surface area contributed by atoms with Gasteiger partial charge in [0.2, 0.25) is 0 Å². The second-order valence-corrected chi connectivity index (χ2v) is 15.8. The van der Waals surface area contributed by atoms with Crippen LogP contribution in [0.5, 0.6) is 0 Å². The Kier molecular flexibility index (Phi) is 4.35. The van der Waals surface area contributed by atoms with Gasteiger partial charge in [0.25, 0.3) is 0 Å². The largest absolute Gasteiger partial charge is 0.349 e. The average Bonchev–Trinajstić information content (AvgIpc) is 2.21. The first kappa shape index (κ1) is 14.6. The summed E-state index contributed by atoms with van der Waals surface area (Å²) in [6, 6.07) is 2.61. The number of hydrogen-bond acceptors (Lipinski definition) is 3. The second-order valence-electron chi connectivity index (χ2n) is 6.25. The molecule has 1 rings (SSSR count). The van der Waals surface area contributed by atoms with E-state index in [0.717, 1.165) is 0 Å². The summed E-state index contributed by atoms with van der Waals surface area (Å²) < 4.78 is 2.42. The monoisotopic (exact) mass is 270 g/mol. The number of carbonyl (C=O) groups excluding carboxylic acids is 1. The van der Waals surface area contributed by atoms with Gasteiger partial charge in [-0.25, -0.2) is 0 Å². The molecule has 3 nitrogen and oxygen atoms in total. The van der Waals surface area contributed by atoms with Crippen LogP contribution in [0.3, 0.4) is 0 Å². The van der Waals surface area contributed by atoms with Gasteiger partial charge in [-0.2, -0.15) is 5.10 Å². The van der Waals surface area contributed by atoms with Crippen molar-refractivity contribution in [3.63, 3.8) is 0 Å². The quantitative estimate of drug-likeness (QED) is 0.581. The number of rotatable bonds is 3. The van der Waals surface area contributed by atoms with Crippen LogP contribution in [0.15, 0.2) is 5.10 Å². The third-order valence-electron chi connectivity index (χ3n) is 3.70. The molecule has 1 aliphatic rings. The molecular weight excluding hydrogens is 244 g/mol. The Balaban J connectivity index is 3.02. The average molecular weight is 271 g/mol. The summed E-state index contributed by atoms with van der Waals surface area (Å²) in [5, 5.41) is 4.74. The van der Waals surface area contributed by atoms with Gasteiger partial charge in [0.1, 0.15) is 0 Å². The first-order chi connectivity index (χ1) is 7.70.